The van der Waals surface area contributed by atoms with Gasteiger partial charge >= 0.3 is 0 Å². The number of hydrogen-bond donors (Lipinski definition) is 1. The molecule has 0 saturated carbocycles. The molecule has 1 heterocycles. The van der Waals surface area contributed by atoms with Gasteiger partial charge in [-0.2, -0.15) is 0 Å². The predicted octanol–water partition coefficient (Wildman–Crippen LogP) is 3.73. The van der Waals surface area contributed by atoms with Gasteiger partial charge in [0.1, 0.15) is 22.6 Å². The summed E-state index contributed by atoms with van der Waals surface area (Å²) in [7, 11) is 1.75. The lowest BCUT2D eigenvalue weighted by Crippen LogP contribution is -2.08. The number of rotatable bonds is 3. The average molecular weight is 337 g/mol. The molecule has 0 fully saturated rings. The second-order valence-corrected chi connectivity index (χ2v) is 4.90. The first-order chi connectivity index (χ1) is 8.49. The molecule has 0 bridgehead atoms. The van der Waals surface area contributed by atoms with E-state index in [9.17, 15) is 8.78 Å². The Morgan fingerprint density at radius 3 is 2.72 bits per heavy atom. The van der Waals surface area contributed by atoms with E-state index < -0.39 is 11.6 Å². The quantitative estimate of drug-likeness (QED) is 0.925. The van der Waals surface area contributed by atoms with E-state index in [1.807, 2.05) is 0 Å². The number of nitrogens with one attached hydrogen (secondary N) is 1. The molecule has 3 nitrogen and oxygen atoms in total. The first-order valence-electron chi connectivity index (χ1n) is 5.03. The third-order valence-corrected chi connectivity index (χ3v) is 3.43. The number of anilines is 1. The van der Waals surface area contributed by atoms with Gasteiger partial charge in [0.25, 0.3) is 0 Å². The van der Waals surface area contributed by atoms with E-state index in [2.05, 4.69) is 26.2 Å². The molecular formula is C11H9BrClF2N3. The Bertz CT molecular complexity index is 563. The maximum Gasteiger partial charge on any atom is 0.150 e. The van der Waals surface area contributed by atoms with Gasteiger partial charge in [-0.15, -0.1) is 0 Å². The van der Waals surface area contributed by atoms with Crippen molar-refractivity contribution < 1.29 is 8.78 Å². The van der Waals surface area contributed by atoms with Crippen LogP contribution >= 0.6 is 27.5 Å². The topological polar surface area (TPSA) is 29.9 Å². The zero-order valence-electron chi connectivity index (χ0n) is 9.35. The van der Waals surface area contributed by atoms with E-state index in [1.54, 1.807) is 11.6 Å². The molecule has 18 heavy (non-hydrogen) atoms. The molecule has 7 heteroatoms. The van der Waals surface area contributed by atoms with Crippen molar-refractivity contribution in [2.75, 3.05) is 5.32 Å². The van der Waals surface area contributed by atoms with Crippen LogP contribution in [0.3, 0.4) is 0 Å². The molecule has 0 aliphatic rings. The molecule has 0 amide bonds. The molecule has 0 radical (unpaired) electrons. The summed E-state index contributed by atoms with van der Waals surface area (Å²) >= 11 is 8.93. The van der Waals surface area contributed by atoms with Crippen molar-refractivity contribution in [3.63, 3.8) is 0 Å². The lowest BCUT2D eigenvalue weighted by atomic mass is 10.3. The Labute approximate surface area is 116 Å². The van der Waals surface area contributed by atoms with Gasteiger partial charge in [0.2, 0.25) is 0 Å². The van der Waals surface area contributed by atoms with E-state index in [0.29, 0.717) is 15.5 Å². The first kappa shape index (κ1) is 13.3. The van der Waals surface area contributed by atoms with Gasteiger partial charge in [0.15, 0.2) is 0 Å². The lowest BCUT2D eigenvalue weighted by Gasteiger charge is -2.10. The van der Waals surface area contributed by atoms with Gasteiger partial charge in [-0.05, 0) is 22.0 Å². The number of imidazole rings is 1. The standard InChI is InChI=1S/C11H9BrClF2N3/c1-18-9(13)4-16-10(18)5-17-11-7(12)2-6(14)3-8(11)15/h2-4,17H,5H2,1H3. The summed E-state index contributed by atoms with van der Waals surface area (Å²) < 4.78 is 28.4. The van der Waals surface area contributed by atoms with Crippen LogP contribution in [-0.2, 0) is 13.6 Å². The summed E-state index contributed by atoms with van der Waals surface area (Å²) in [6, 6.07) is 2.01. The third-order valence-electron chi connectivity index (χ3n) is 2.46. The van der Waals surface area contributed by atoms with Crippen molar-refractivity contribution in [3.8, 4) is 0 Å². The second-order valence-electron chi connectivity index (χ2n) is 3.65. The van der Waals surface area contributed by atoms with Crippen molar-refractivity contribution in [2.45, 2.75) is 6.54 Å². The van der Waals surface area contributed by atoms with E-state index in [-0.39, 0.29) is 12.2 Å². The molecule has 1 aromatic heterocycles. The maximum absolute atomic E-state index is 13.5. The number of halogens is 4. The summed E-state index contributed by atoms with van der Waals surface area (Å²) in [5, 5.41) is 3.34. The third kappa shape index (κ3) is 2.64. The fourth-order valence-electron chi connectivity index (χ4n) is 1.47. The monoisotopic (exact) mass is 335 g/mol. The summed E-state index contributed by atoms with van der Waals surface area (Å²) in [6.07, 6.45) is 1.51. The van der Waals surface area contributed by atoms with Crippen molar-refractivity contribution in [2.24, 2.45) is 7.05 Å². The molecule has 2 aromatic rings. The Hall–Kier alpha value is -1.14. The van der Waals surface area contributed by atoms with Gasteiger partial charge in [-0.25, -0.2) is 13.8 Å². The molecule has 0 unspecified atom stereocenters. The average Bonchev–Trinajstić information content (AvgIpc) is 2.59. The van der Waals surface area contributed by atoms with E-state index in [4.69, 9.17) is 11.6 Å². The van der Waals surface area contributed by atoms with Gasteiger partial charge < -0.3 is 9.88 Å². The van der Waals surface area contributed by atoms with E-state index in [1.165, 1.54) is 12.3 Å². The van der Waals surface area contributed by atoms with Crippen LogP contribution in [0.2, 0.25) is 5.15 Å². The molecule has 1 aromatic carbocycles. The molecule has 1 N–H and O–H groups in total. The largest absolute Gasteiger partial charge is 0.375 e. The predicted molar refractivity (Wildman–Crippen MR) is 69.6 cm³/mol. The summed E-state index contributed by atoms with van der Waals surface area (Å²) in [5.74, 6) is -0.650. The number of hydrogen-bond acceptors (Lipinski definition) is 2. The Balaban J connectivity index is 2.18. The van der Waals surface area contributed by atoms with Crippen LogP contribution in [0.5, 0.6) is 0 Å². The molecule has 0 atom stereocenters. The molecule has 0 spiro atoms. The van der Waals surface area contributed by atoms with Crippen LogP contribution in [0.25, 0.3) is 0 Å². The van der Waals surface area contributed by atoms with Crippen LogP contribution in [0.4, 0.5) is 14.5 Å². The normalized spacial score (nSPS) is 10.7. The first-order valence-corrected chi connectivity index (χ1v) is 6.20. The second kappa shape index (κ2) is 5.24. The minimum absolute atomic E-state index is 0.190. The summed E-state index contributed by atoms with van der Waals surface area (Å²) in [4.78, 5) is 4.06. The molecule has 0 aliphatic carbocycles. The highest BCUT2D eigenvalue weighted by molar-refractivity contribution is 9.10. The highest BCUT2D eigenvalue weighted by atomic mass is 79.9. The Kier molecular flexibility index (Phi) is 3.87. The SMILES string of the molecule is Cn1c(Cl)cnc1CNc1c(F)cc(F)cc1Br. The fourth-order valence-corrected chi connectivity index (χ4v) is 2.16. The highest BCUT2D eigenvalue weighted by Crippen LogP contribution is 2.27. The summed E-state index contributed by atoms with van der Waals surface area (Å²) in [5.41, 5.74) is 0.190. The van der Waals surface area contributed by atoms with Gasteiger partial charge in [0.05, 0.1) is 18.4 Å². The van der Waals surface area contributed by atoms with Crippen molar-refractivity contribution in [1.82, 2.24) is 9.55 Å². The zero-order chi connectivity index (χ0) is 13.3. The van der Waals surface area contributed by atoms with Crippen molar-refractivity contribution >= 4 is 33.2 Å². The van der Waals surface area contributed by atoms with E-state index >= 15 is 0 Å². The maximum atomic E-state index is 13.5. The number of aromatic nitrogens is 2. The highest BCUT2D eigenvalue weighted by Gasteiger charge is 2.11. The minimum atomic E-state index is -0.665. The minimum Gasteiger partial charge on any atom is -0.375 e. The Morgan fingerprint density at radius 1 is 1.44 bits per heavy atom. The molecule has 0 saturated heterocycles. The van der Waals surface area contributed by atoms with Crippen LogP contribution in [0, 0.1) is 11.6 Å². The van der Waals surface area contributed by atoms with Crippen molar-refractivity contribution in [1.29, 1.82) is 0 Å². The van der Waals surface area contributed by atoms with Crippen LogP contribution in [-0.4, -0.2) is 9.55 Å². The number of benzene rings is 1. The smallest absolute Gasteiger partial charge is 0.150 e. The molecule has 2 rings (SSSR count). The van der Waals surface area contributed by atoms with Gasteiger partial charge in [0, 0.05) is 17.6 Å². The lowest BCUT2D eigenvalue weighted by molar-refractivity contribution is 0.583. The molecule has 0 aliphatic heterocycles. The van der Waals surface area contributed by atoms with Gasteiger partial charge in [-0.1, -0.05) is 11.6 Å². The fraction of sp³-hybridized carbons (Fsp3) is 0.182. The van der Waals surface area contributed by atoms with Crippen LogP contribution < -0.4 is 5.32 Å². The molecular weight excluding hydrogens is 327 g/mol. The van der Waals surface area contributed by atoms with Crippen molar-refractivity contribution in [3.05, 3.63) is 45.4 Å². The zero-order valence-corrected chi connectivity index (χ0v) is 11.7. The van der Waals surface area contributed by atoms with Gasteiger partial charge in [-0.3, -0.25) is 0 Å². The number of nitrogens with zero attached hydrogens (tertiary/aromatic N) is 2. The summed E-state index contributed by atoms with van der Waals surface area (Å²) in [6.45, 7) is 0.282. The Morgan fingerprint density at radius 2 is 2.17 bits per heavy atom. The van der Waals surface area contributed by atoms with Crippen LogP contribution in [0.1, 0.15) is 5.82 Å². The van der Waals surface area contributed by atoms with E-state index in [0.717, 1.165) is 6.07 Å². The molecule has 96 valence electrons. The van der Waals surface area contributed by atoms with Crippen LogP contribution in [0.15, 0.2) is 22.8 Å².